The second-order valence-corrected chi connectivity index (χ2v) is 4.75. The number of hydrogen-bond donors (Lipinski definition) is 0. The van der Waals surface area contributed by atoms with Crippen LogP contribution in [0.25, 0.3) is 11.4 Å². The van der Waals surface area contributed by atoms with Crippen LogP contribution in [0.2, 0.25) is 0 Å². The van der Waals surface area contributed by atoms with Crippen molar-refractivity contribution < 1.29 is 4.79 Å². The third kappa shape index (κ3) is 2.91. The molecule has 0 bridgehead atoms. The number of hydrogen-bond acceptors (Lipinski definition) is 4. The first-order valence-corrected chi connectivity index (χ1v) is 6.32. The van der Waals surface area contributed by atoms with Gasteiger partial charge in [-0.1, -0.05) is 19.1 Å². The molecule has 1 aromatic carbocycles. The summed E-state index contributed by atoms with van der Waals surface area (Å²) in [5, 5.41) is 0. The number of nitrogens with zero attached hydrogens (tertiary/aromatic N) is 2. The van der Waals surface area contributed by atoms with Gasteiger partial charge in [0.2, 0.25) is 0 Å². The average Bonchev–Trinajstić information content (AvgIpc) is 2.40. The number of thioether (sulfide) groups is 1. The minimum Gasteiger partial charge on any atom is -0.298 e. The molecule has 0 aliphatic heterocycles. The monoisotopic (exact) mass is 244 g/mol. The Bertz CT molecular complexity index is 494. The second-order valence-electron chi connectivity index (χ2n) is 3.42. The van der Waals surface area contributed by atoms with Gasteiger partial charge in [0.1, 0.15) is 0 Å². The average molecular weight is 244 g/mol. The zero-order chi connectivity index (χ0) is 12.1. The van der Waals surface area contributed by atoms with Gasteiger partial charge in [-0.25, -0.2) is 9.97 Å². The van der Waals surface area contributed by atoms with Gasteiger partial charge in [-0.15, -0.1) is 11.8 Å². The molecule has 17 heavy (non-hydrogen) atoms. The molecule has 1 heterocycles. The van der Waals surface area contributed by atoms with Gasteiger partial charge in [-0.2, -0.15) is 0 Å². The highest BCUT2D eigenvalue weighted by Gasteiger charge is 2.01. The Morgan fingerprint density at radius 3 is 2.35 bits per heavy atom. The van der Waals surface area contributed by atoms with Crippen LogP contribution in [-0.2, 0) is 0 Å². The molecule has 86 valence electrons. The van der Waals surface area contributed by atoms with E-state index in [1.165, 1.54) is 17.3 Å². The Morgan fingerprint density at radius 2 is 1.82 bits per heavy atom. The SMILES string of the molecule is CCSc1ccc(-c2ncc(C=O)cn2)cc1. The van der Waals surface area contributed by atoms with Crippen molar-refractivity contribution in [2.75, 3.05) is 5.75 Å². The quantitative estimate of drug-likeness (QED) is 0.612. The molecule has 0 fully saturated rings. The molecule has 0 spiro atoms. The highest BCUT2D eigenvalue weighted by molar-refractivity contribution is 7.99. The molecule has 0 saturated heterocycles. The fourth-order valence-corrected chi connectivity index (χ4v) is 2.08. The van der Waals surface area contributed by atoms with E-state index in [1.807, 2.05) is 12.1 Å². The van der Waals surface area contributed by atoms with Crippen LogP contribution in [-0.4, -0.2) is 22.0 Å². The molecular formula is C13H12N2OS. The van der Waals surface area contributed by atoms with E-state index in [4.69, 9.17) is 0 Å². The Hall–Kier alpha value is -1.68. The summed E-state index contributed by atoms with van der Waals surface area (Å²) in [5.74, 6) is 1.70. The molecule has 0 aliphatic rings. The van der Waals surface area contributed by atoms with E-state index in [1.54, 1.807) is 11.8 Å². The molecule has 3 nitrogen and oxygen atoms in total. The molecule has 4 heteroatoms. The third-order valence-electron chi connectivity index (χ3n) is 2.23. The lowest BCUT2D eigenvalue weighted by molar-refractivity contribution is 0.112. The van der Waals surface area contributed by atoms with Crippen molar-refractivity contribution in [3.05, 3.63) is 42.2 Å². The number of aromatic nitrogens is 2. The standard InChI is InChI=1S/C13H12N2OS/c1-2-17-12-5-3-11(4-6-12)13-14-7-10(9-16)8-15-13/h3-9H,2H2,1H3. The van der Waals surface area contributed by atoms with E-state index in [0.29, 0.717) is 11.4 Å². The zero-order valence-electron chi connectivity index (χ0n) is 9.46. The highest BCUT2D eigenvalue weighted by Crippen LogP contribution is 2.21. The molecule has 0 aliphatic carbocycles. The van der Waals surface area contributed by atoms with Crippen molar-refractivity contribution in [3.63, 3.8) is 0 Å². The van der Waals surface area contributed by atoms with Crippen LogP contribution >= 0.6 is 11.8 Å². The van der Waals surface area contributed by atoms with Gasteiger partial charge in [-0.3, -0.25) is 4.79 Å². The molecule has 2 rings (SSSR count). The minimum atomic E-state index is 0.493. The van der Waals surface area contributed by atoms with Gasteiger partial charge in [-0.05, 0) is 17.9 Å². The number of carbonyl (C=O) groups excluding carboxylic acids is 1. The predicted molar refractivity (Wildman–Crippen MR) is 69.3 cm³/mol. The summed E-state index contributed by atoms with van der Waals surface area (Å²) in [6.45, 7) is 2.12. The summed E-state index contributed by atoms with van der Waals surface area (Å²) < 4.78 is 0. The molecule has 0 N–H and O–H groups in total. The Balaban J connectivity index is 2.23. The minimum absolute atomic E-state index is 0.493. The maximum Gasteiger partial charge on any atom is 0.159 e. The van der Waals surface area contributed by atoms with Gasteiger partial charge in [0.05, 0.1) is 5.56 Å². The van der Waals surface area contributed by atoms with Gasteiger partial charge in [0, 0.05) is 22.9 Å². The first kappa shape index (κ1) is 11.8. The lowest BCUT2D eigenvalue weighted by Crippen LogP contribution is -1.91. The summed E-state index contributed by atoms with van der Waals surface area (Å²) in [4.78, 5) is 20.0. The number of carbonyl (C=O) groups is 1. The third-order valence-corrected chi connectivity index (χ3v) is 3.13. The fourth-order valence-electron chi connectivity index (χ4n) is 1.41. The van der Waals surface area contributed by atoms with Crippen molar-refractivity contribution in [1.29, 1.82) is 0 Å². The van der Waals surface area contributed by atoms with Crippen LogP contribution in [0.5, 0.6) is 0 Å². The number of benzene rings is 1. The largest absolute Gasteiger partial charge is 0.298 e. The Morgan fingerprint density at radius 1 is 1.18 bits per heavy atom. The summed E-state index contributed by atoms with van der Waals surface area (Å²) in [5.41, 5.74) is 1.45. The van der Waals surface area contributed by atoms with E-state index < -0.39 is 0 Å². The van der Waals surface area contributed by atoms with E-state index in [2.05, 4.69) is 29.0 Å². The molecule has 0 unspecified atom stereocenters. The topological polar surface area (TPSA) is 42.9 Å². The van der Waals surface area contributed by atoms with Crippen LogP contribution < -0.4 is 0 Å². The van der Waals surface area contributed by atoms with Crippen LogP contribution in [0.4, 0.5) is 0 Å². The van der Waals surface area contributed by atoms with Crippen LogP contribution in [0, 0.1) is 0 Å². The molecule has 0 amide bonds. The Kier molecular flexibility index (Phi) is 3.88. The molecule has 0 saturated carbocycles. The predicted octanol–water partition coefficient (Wildman–Crippen LogP) is 3.07. The van der Waals surface area contributed by atoms with E-state index >= 15 is 0 Å². The van der Waals surface area contributed by atoms with Gasteiger partial charge in [0.15, 0.2) is 12.1 Å². The van der Waals surface area contributed by atoms with E-state index in [0.717, 1.165) is 17.6 Å². The van der Waals surface area contributed by atoms with Crippen molar-refractivity contribution in [2.45, 2.75) is 11.8 Å². The van der Waals surface area contributed by atoms with Crippen LogP contribution in [0.3, 0.4) is 0 Å². The molecular weight excluding hydrogens is 232 g/mol. The highest BCUT2D eigenvalue weighted by atomic mass is 32.2. The Labute approximate surface area is 104 Å². The van der Waals surface area contributed by atoms with Crippen LogP contribution in [0.1, 0.15) is 17.3 Å². The van der Waals surface area contributed by atoms with Gasteiger partial charge in [0.25, 0.3) is 0 Å². The fraction of sp³-hybridized carbons (Fsp3) is 0.154. The van der Waals surface area contributed by atoms with Crippen molar-refractivity contribution >= 4 is 18.0 Å². The second kappa shape index (κ2) is 5.59. The maximum absolute atomic E-state index is 10.5. The molecule has 2 aromatic rings. The van der Waals surface area contributed by atoms with Gasteiger partial charge < -0.3 is 0 Å². The summed E-state index contributed by atoms with van der Waals surface area (Å²) in [6.07, 6.45) is 3.80. The zero-order valence-corrected chi connectivity index (χ0v) is 10.3. The lowest BCUT2D eigenvalue weighted by Gasteiger charge is -2.02. The smallest absolute Gasteiger partial charge is 0.159 e. The van der Waals surface area contributed by atoms with Crippen molar-refractivity contribution in [1.82, 2.24) is 9.97 Å². The summed E-state index contributed by atoms with van der Waals surface area (Å²) in [7, 11) is 0. The number of rotatable bonds is 4. The molecule has 0 atom stereocenters. The summed E-state index contributed by atoms with van der Waals surface area (Å²) >= 11 is 1.80. The first-order valence-electron chi connectivity index (χ1n) is 5.34. The molecule has 1 aromatic heterocycles. The first-order chi connectivity index (χ1) is 8.33. The van der Waals surface area contributed by atoms with Gasteiger partial charge >= 0.3 is 0 Å². The summed E-state index contributed by atoms with van der Waals surface area (Å²) in [6, 6.07) is 8.10. The van der Waals surface area contributed by atoms with Crippen molar-refractivity contribution in [2.24, 2.45) is 0 Å². The van der Waals surface area contributed by atoms with E-state index in [-0.39, 0.29) is 0 Å². The number of aldehydes is 1. The lowest BCUT2D eigenvalue weighted by atomic mass is 10.2. The van der Waals surface area contributed by atoms with Crippen LogP contribution in [0.15, 0.2) is 41.6 Å². The maximum atomic E-state index is 10.5. The van der Waals surface area contributed by atoms with Crippen molar-refractivity contribution in [3.8, 4) is 11.4 Å². The normalized spacial score (nSPS) is 10.2. The molecule has 0 radical (unpaired) electrons. The van der Waals surface area contributed by atoms with E-state index in [9.17, 15) is 4.79 Å².